The van der Waals surface area contributed by atoms with E-state index >= 15 is 0 Å². The Morgan fingerprint density at radius 3 is 1.89 bits per heavy atom. The third-order valence-electron chi connectivity index (χ3n) is 3.36. The Bertz CT molecular complexity index is 207. The van der Waals surface area contributed by atoms with E-state index < -0.39 is 0 Å². The summed E-state index contributed by atoms with van der Waals surface area (Å²) in [6.45, 7) is 3.66. The molecule has 0 aromatic rings. The normalized spacial score (nSPS) is 11.5. The maximum Gasteiger partial charge on any atom is 0.156 e. The molecular formula is C17H32O2. The molecule has 0 atom stereocenters. The monoisotopic (exact) mass is 268 g/mol. The number of hydrogen-bond donors (Lipinski definition) is 0. The summed E-state index contributed by atoms with van der Waals surface area (Å²) in [7, 11) is 3.41. The van der Waals surface area contributed by atoms with Crippen molar-refractivity contribution in [2.24, 2.45) is 0 Å². The van der Waals surface area contributed by atoms with Crippen LogP contribution in [0.3, 0.4) is 0 Å². The van der Waals surface area contributed by atoms with E-state index in [4.69, 9.17) is 9.47 Å². The number of methoxy groups -OCH3 is 2. The first-order valence-corrected chi connectivity index (χ1v) is 7.68. The quantitative estimate of drug-likeness (QED) is 0.243. The molecule has 112 valence electrons. The second-order valence-electron chi connectivity index (χ2n) is 4.97. The summed E-state index contributed by atoms with van der Waals surface area (Å²) >= 11 is 0. The Kier molecular flexibility index (Phi) is 15.0. The molecule has 0 N–H and O–H groups in total. The predicted octanol–water partition coefficient (Wildman–Crippen LogP) is 5.25. The van der Waals surface area contributed by atoms with Crippen molar-refractivity contribution >= 4 is 0 Å². The van der Waals surface area contributed by atoms with Crippen LogP contribution in [-0.2, 0) is 9.47 Å². The van der Waals surface area contributed by atoms with E-state index in [0.717, 1.165) is 6.42 Å². The van der Waals surface area contributed by atoms with Gasteiger partial charge in [0.1, 0.15) is 0 Å². The molecule has 2 nitrogen and oxygen atoms in total. The fourth-order valence-corrected chi connectivity index (χ4v) is 2.16. The van der Waals surface area contributed by atoms with E-state index in [1.54, 1.807) is 14.2 Å². The minimum Gasteiger partial charge on any atom is -0.356 e. The standard InChI is InChI=1S/C17H32O2/c1-4-5-6-7-8-9-10-11-12-13-14-15-16-17(18-2)19-3/h4-6,17H,1,7-16H2,2-3H3/b6-5-. The van der Waals surface area contributed by atoms with E-state index in [1.165, 1.54) is 57.8 Å². The highest BCUT2D eigenvalue weighted by Crippen LogP contribution is 2.12. The van der Waals surface area contributed by atoms with Crippen LogP contribution < -0.4 is 0 Å². The van der Waals surface area contributed by atoms with Gasteiger partial charge >= 0.3 is 0 Å². The average Bonchev–Trinajstić information content (AvgIpc) is 2.44. The predicted molar refractivity (Wildman–Crippen MR) is 83.3 cm³/mol. The molecule has 0 unspecified atom stereocenters. The fourth-order valence-electron chi connectivity index (χ4n) is 2.16. The number of hydrogen-bond acceptors (Lipinski definition) is 2. The molecule has 0 aromatic heterocycles. The Balaban J connectivity index is 3.10. The van der Waals surface area contributed by atoms with E-state index in [-0.39, 0.29) is 6.29 Å². The number of rotatable bonds is 14. The van der Waals surface area contributed by atoms with Crippen molar-refractivity contribution in [3.8, 4) is 0 Å². The highest BCUT2D eigenvalue weighted by atomic mass is 16.7. The van der Waals surface area contributed by atoms with Crippen LogP contribution in [0, 0.1) is 0 Å². The number of allylic oxidation sites excluding steroid dienone is 3. The summed E-state index contributed by atoms with van der Waals surface area (Å²) in [6, 6.07) is 0. The summed E-state index contributed by atoms with van der Waals surface area (Å²) in [5.74, 6) is 0. The highest BCUT2D eigenvalue weighted by Gasteiger charge is 2.03. The van der Waals surface area contributed by atoms with E-state index in [0.29, 0.717) is 0 Å². The molecule has 0 heterocycles. The van der Waals surface area contributed by atoms with Crippen molar-refractivity contribution in [1.82, 2.24) is 0 Å². The van der Waals surface area contributed by atoms with Gasteiger partial charge in [-0.05, 0) is 25.7 Å². The van der Waals surface area contributed by atoms with Gasteiger partial charge in [0.2, 0.25) is 0 Å². The van der Waals surface area contributed by atoms with E-state index in [9.17, 15) is 0 Å². The molecule has 0 aliphatic rings. The van der Waals surface area contributed by atoms with Gasteiger partial charge in [-0.25, -0.2) is 0 Å². The molecule has 0 bridgehead atoms. The molecule has 0 radical (unpaired) electrons. The van der Waals surface area contributed by atoms with Crippen LogP contribution in [0.2, 0.25) is 0 Å². The summed E-state index contributed by atoms with van der Waals surface area (Å²) < 4.78 is 10.3. The van der Waals surface area contributed by atoms with Gasteiger partial charge in [-0.1, -0.05) is 63.3 Å². The minimum absolute atomic E-state index is 0.0105. The van der Waals surface area contributed by atoms with Crippen molar-refractivity contribution in [1.29, 1.82) is 0 Å². The van der Waals surface area contributed by atoms with Gasteiger partial charge in [0.25, 0.3) is 0 Å². The van der Waals surface area contributed by atoms with Crippen molar-refractivity contribution < 1.29 is 9.47 Å². The molecular weight excluding hydrogens is 236 g/mol. The lowest BCUT2D eigenvalue weighted by atomic mass is 10.1. The maximum absolute atomic E-state index is 5.17. The van der Waals surface area contributed by atoms with Crippen LogP contribution >= 0.6 is 0 Å². The highest BCUT2D eigenvalue weighted by molar-refractivity contribution is 4.96. The lowest BCUT2D eigenvalue weighted by molar-refractivity contribution is -0.107. The molecule has 0 amide bonds. The van der Waals surface area contributed by atoms with Gasteiger partial charge in [-0.15, -0.1) is 0 Å². The van der Waals surface area contributed by atoms with Crippen LogP contribution in [0.15, 0.2) is 24.8 Å². The molecule has 0 saturated heterocycles. The zero-order valence-corrected chi connectivity index (χ0v) is 12.9. The molecule has 0 aliphatic heterocycles. The first-order chi connectivity index (χ1) is 9.35. The van der Waals surface area contributed by atoms with Gasteiger partial charge in [-0.3, -0.25) is 0 Å². The van der Waals surface area contributed by atoms with E-state index in [2.05, 4.69) is 12.7 Å². The fraction of sp³-hybridized carbons (Fsp3) is 0.765. The Morgan fingerprint density at radius 2 is 1.37 bits per heavy atom. The molecule has 0 spiro atoms. The maximum atomic E-state index is 5.17. The molecule has 0 rings (SSSR count). The van der Waals surface area contributed by atoms with Crippen molar-refractivity contribution in [2.45, 2.75) is 70.5 Å². The van der Waals surface area contributed by atoms with Crippen LogP contribution in [0.1, 0.15) is 64.2 Å². The van der Waals surface area contributed by atoms with Crippen LogP contribution in [-0.4, -0.2) is 20.5 Å². The molecule has 0 saturated carbocycles. The number of ether oxygens (including phenoxy) is 2. The molecule has 2 heteroatoms. The summed E-state index contributed by atoms with van der Waals surface area (Å²) in [5.41, 5.74) is 0. The van der Waals surface area contributed by atoms with Gasteiger partial charge in [0.15, 0.2) is 6.29 Å². The smallest absolute Gasteiger partial charge is 0.156 e. The van der Waals surface area contributed by atoms with Crippen molar-refractivity contribution in [2.75, 3.05) is 14.2 Å². The van der Waals surface area contributed by atoms with Crippen LogP contribution in [0.25, 0.3) is 0 Å². The largest absolute Gasteiger partial charge is 0.356 e. The lowest BCUT2D eigenvalue weighted by Crippen LogP contribution is -2.12. The zero-order valence-electron chi connectivity index (χ0n) is 12.9. The first-order valence-electron chi connectivity index (χ1n) is 7.68. The Hall–Kier alpha value is -0.600. The summed E-state index contributed by atoms with van der Waals surface area (Å²) in [5, 5.41) is 0. The van der Waals surface area contributed by atoms with Gasteiger partial charge in [0, 0.05) is 14.2 Å². The van der Waals surface area contributed by atoms with Crippen molar-refractivity contribution in [3.05, 3.63) is 24.8 Å². The third-order valence-corrected chi connectivity index (χ3v) is 3.36. The molecule has 0 aliphatic carbocycles. The molecule has 0 fully saturated rings. The first kappa shape index (κ1) is 18.4. The molecule has 19 heavy (non-hydrogen) atoms. The second-order valence-corrected chi connectivity index (χ2v) is 4.97. The minimum atomic E-state index is -0.0105. The van der Waals surface area contributed by atoms with Crippen LogP contribution in [0.4, 0.5) is 0 Å². The second kappa shape index (κ2) is 15.5. The topological polar surface area (TPSA) is 18.5 Å². The average molecular weight is 268 g/mol. The lowest BCUT2D eigenvalue weighted by Gasteiger charge is -2.12. The number of unbranched alkanes of at least 4 members (excludes halogenated alkanes) is 8. The Labute approximate surface area is 119 Å². The van der Waals surface area contributed by atoms with Gasteiger partial charge in [-0.2, -0.15) is 0 Å². The van der Waals surface area contributed by atoms with Crippen molar-refractivity contribution in [3.63, 3.8) is 0 Å². The Morgan fingerprint density at radius 1 is 0.842 bits per heavy atom. The van der Waals surface area contributed by atoms with Gasteiger partial charge in [0.05, 0.1) is 0 Å². The van der Waals surface area contributed by atoms with E-state index in [1.807, 2.05) is 12.2 Å². The summed E-state index contributed by atoms with van der Waals surface area (Å²) in [4.78, 5) is 0. The molecule has 0 aromatic carbocycles. The zero-order chi connectivity index (χ0) is 14.2. The summed E-state index contributed by atoms with van der Waals surface area (Å²) in [6.07, 6.45) is 18.9. The SMILES string of the molecule is C=C/C=C\CCCCCCCCCCC(OC)OC. The van der Waals surface area contributed by atoms with Crippen LogP contribution in [0.5, 0.6) is 0 Å². The third kappa shape index (κ3) is 13.6. The van der Waals surface area contributed by atoms with Gasteiger partial charge < -0.3 is 9.47 Å².